The van der Waals surface area contributed by atoms with Gasteiger partial charge in [0.15, 0.2) is 11.6 Å². The third-order valence-electron chi connectivity index (χ3n) is 0.963. The Kier molecular flexibility index (Phi) is 1.67. The lowest BCUT2D eigenvalue weighted by Gasteiger charge is -1.94. The second-order valence-electron chi connectivity index (χ2n) is 1.73. The van der Waals surface area contributed by atoms with Crippen molar-refractivity contribution in [2.75, 3.05) is 5.73 Å². The Hall–Kier alpha value is -1.72. The molecule has 6 heteroatoms. The zero-order chi connectivity index (χ0) is 8.43. The van der Waals surface area contributed by atoms with Crippen LogP contribution in [0.2, 0.25) is 0 Å². The first-order valence-electron chi connectivity index (χ1n) is 2.62. The Morgan fingerprint density at radius 2 is 2.36 bits per heavy atom. The molecule has 0 aliphatic rings. The minimum absolute atomic E-state index is 0.461. The molecule has 0 saturated carbocycles. The monoisotopic (exact) mass is 157 g/mol. The summed E-state index contributed by atoms with van der Waals surface area (Å²) in [5, 5.41) is 8.30. The van der Waals surface area contributed by atoms with Gasteiger partial charge in [0.2, 0.25) is 5.82 Å². The lowest BCUT2D eigenvalue weighted by atomic mass is 10.5. The standard InChI is InChI=1S/C5H4FN3O2/c6-2-1-8-4(5(10)11)9-3(2)7/h1H,(H,10,11)(H2,7,8,9). The minimum Gasteiger partial charge on any atom is -0.475 e. The van der Waals surface area contributed by atoms with Gasteiger partial charge in [-0.25, -0.2) is 19.2 Å². The van der Waals surface area contributed by atoms with Gasteiger partial charge >= 0.3 is 5.97 Å². The highest BCUT2D eigenvalue weighted by molar-refractivity contribution is 5.83. The maximum absolute atomic E-state index is 12.3. The van der Waals surface area contributed by atoms with Crippen LogP contribution in [0.1, 0.15) is 10.6 Å². The van der Waals surface area contributed by atoms with Crippen molar-refractivity contribution < 1.29 is 14.3 Å². The number of halogens is 1. The van der Waals surface area contributed by atoms with Crippen molar-refractivity contribution in [2.24, 2.45) is 0 Å². The van der Waals surface area contributed by atoms with E-state index in [1.54, 1.807) is 0 Å². The molecule has 1 aromatic rings. The van der Waals surface area contributed by atoms with Crippen molar-refractivity contribution in [2.45, 2.75) is 0 Å². The maximum atomic E-state index is 12.3. The molecule has 1 aromatic heterocycles. The van der Waals surface area contributed by atoms with Crippen molar-refractivity contribution in [1.82, 2.24) is 9.97 Å². The molecule has 0 bridgehead atoms. The molecule has 0 amide bonds. The number of rotatable bonds is 1. The molecule has 1 heterocycles. The Labute approximate surface area is 60.7 Å². The van der Waals surface area contributed by atoms with Crippen LogP contribution in [0.5, 0.6) is 0 Å². The number of nitrogens with zero attached hydrogens (tertiary/aromatic N) is 2. The fraction of sp³-hybridized carbons (Fsp3) is 0. The summed E-state index contributed by atoms with van der Waals surface area (Å²) < 4.78 is 12.3. The van der Waals surface area contributed by atoms with Gasteiger partial charge in [0.25, 0.3) is 0 Å². The van der Waals surface area contributed by atoms with Crippen LogP contribution >= 0.6 is 0 Å². The molecular weight excluding hydrogens is 153 g/mol. The van der Waals surface area contributed by atoms with Gasteiger partial charge in [0.05, 0.1) is 6.20 Å². The van der Waals surface area contributed by atoms with Crippen LogP contribution in [0.4, 0.5) is 10.2 Å². The number of aromatic carboxylic acids is 1. The van der Waals surface area contributed by atoms with Crippen molar-refractivity contribution in [3.05, 3.63) is 17.8 Å². The van der Waals surface area contributed by atoms with Crippen LogP contribution < -0.4 is 5.73 Å². The average Bonchev–Trinajstić information content (AvgIpc) is 1.94. The average molecular weight is 157 g/mol. The van der Waals surface area contributed by atoms with Crippen LogP contribution in [-0.2, 0) is 0 Å². The van der Waals surface area contributed by atoms with Gasteiger partial charge in [-0.1, -0.05) is 0 Å². The highest BCUT2D eigenvalue weighted by atomic mass is 19.1. The van der Waals surface area contributed by atoms with Gasteiger partial charge < -0.3 is 10.8 Å². The van der Waals surface area contributed by atoms with Crippen LogP contribution in [0.25, 0.3) is 0 Å². The molecule has 11 heavy (non-hydrogen) atoms. The molecule has 0 atom stereocenters. The Morgan fingerprint density at radius 1 is 1.73 bits per heavy atom. The lowest BCUT2D eigenvalue weighted by Crippen LogP contribution is -2.07. The number of hydrogen-bond donors (Lipinski definition) is 2. The van der Waals surface area contributed by atoms with Crippen molar-refractivity contribution >= 4 is 11.8 Å². The highest BCUT2D eigenvalue weighted by Gasteiger charge is 2.08. The van der Waals surface area contributed by atoms with E-state index in [9.17, 15) is 9.18 Å². The van der Waals surface area contributed by atoms with Crippen molar-refractivity contribution in [3.8, 4) is 0 Å². The summed E-state index contributed by atoms with van der Waals surface area (Å²) in [7, 11) is 0. The second kappa shape index (κ2) is 2.49. The summed E-state index contributed by atoms with van der Waals surface area (Å²) in [5.74, 6) is -3.13. The molecule has 3 N–H and O–H groups in total. The number of anilines is 1. The number of carboxylic acid groups (broad SMARTS) is 1. The van der Waals surface area contributed by atoms with Gasteiger partial charge in [-0.3, -0.25) is 0 Å². The van der Waals surface area contributed by atoms with E-state index in [-0.39, 0.29) is 0 Å². The molecule has 0 aliphatic carbocycles. The zero-order valence-corrected chi connectivity index (χ0v) is 5.28. The topological polar surface area (TPSA) is 89.1 Å². The first-order chi connectivity index (χ1) is 5.11. The predicted octanol–water partition coefficient (Wildman–Crippen LogP) is -0.104. The van der Waals surface area contributed by atoms with Gasteiger partial charge in [-0.2, -0.15) is 0 Å². The first kappa shape index (κ1) is 7.39. The van der Waals surface area contributed by atoms with Crippen LogP contribution in [0.15, 0.2) is 6.20 Å². The number of hydrogen-bond acceptors (Lipinski definition) is 4. The molecule has 1 rings (SSSR count). The number of carbonyl (C=O) groups is 1. The predicted molar refractivity (Wildman–Crippen MR) is 33.4 cm³/mol. The van der Waals surface area contributed by atoms with E-state index in [0.717, 1.165) is 0 Å². The number of nitrogen functional groups attached to an aromatic ring is 1. The third-order valence-corrected chi connectivity index (χ3v) is 0.963. The minimum atomic E-state index is -1.34. The summed E-state index contributed by atoms with van der Waals surface area (Å²) >= 11 is 0. The second-order valence-corrected chi connectivity index (χ2v) is 1.73. The number of aromatic nitrogens is 2. The SMILES string of the molecule is Nc1nc(C(=O)O)ncc1F. The molecule has 0 unspecified atom stereocenters. The highest BCUT2D eigenvalue weighted by Crippen LogP contribution is 2.03. The Bertz CT molecular complexity index is 302. The Morgan fingerprint density at radius 3 is 2.82 bits per heavy atom. The number of carboxylic acids is 1. The molecule has 0 saturated heterocycles. The molecule has 0 spiro atoms. The molecule has 5 nitrogen and oxygen atoms in total. The smallest absolute Gasteiger partial charge is 0.374 e. The fourth-order valence-electron chi connectivity index (χ4n) is 0.483. The Balaban J connectivity index is 3.15. The van der Waals surface area contributed by atoms with Crippen molar-refractivity contribution in [1.29, 1.82) is 0 Å². The lowest BCUT2D eigenvalue weighted by molar-refractivity contribution is 0.0683. The number of nitrogens with two attached hydrogens (primary N) is 1. The van der Waals surface area contributed by atoms with Crippen molar-refractivity contribution in [3.63, 3.8) is 0 Å². The zero-order valence-electron chi connectivity index (χ0n) is 5.28. The van der Waals surface area contributed by atoms with Gasteiger partial charge in [0, 0.05) is 0 Å². The van der Waals surface area contributed by atoms with Gasteiger partial charge in [0.1, 0.15) is 0 Å². The van der Waals surface area contributed by atoms with E-state index in [1.165, 1.54) is 0 Å². The quantitative estimate of drug-likeness (QED) is 0.593. The largest absolute Gasteiger partial charge is 0.475 e. The summed E-state index contributed by atoms with van der Waals surface area (Å²) in [6, 6.07) is 0. The summed E-state index contributed by atoms with van der Waals surface area (Å²) in [5.41, 5.74) is 4.97. The van der Waals surface area contributed by atoms with E-state index in [4.69, 9.17) is 10.8 Å². The summed E-state index contributed by atoms with van der Waals surface area (Å²) in [6.45, 7) is 0. The molecule has 0 aliphatic heterocycles. The molecule has 58 valence electrons. The summed E-state index contributed by atoms with van der Waals surface area (Å²) in [6.07, 6.45) is 0.714. The van der Waals surface area contributed by atoms with Crippen LogP contribution in [-0.4, -0.2) is 21.0 Å². The van der Waals surface area contributed by atoms with Crippen LogP contribution in [0.3, 0.4) is 0 Å². The van der Waals surface area contributed by atoms with E-state index >= 15 is 0 Å². The van der Waals surface area contributed by atoms with E-state index in [0.29, 0.717) is 6.20 Å². The molecular formula is C5H4FN3O2. The van der Waals surface area contributed by atoms with E-state index < -0.39 is 23.4 Å². The normalized spacial score (nSPS) is 9.55. The molecule has 0 fully saturated rings. The summed E-state index contributed by atoms with van der Waals surface area (Å²) in [4.78, 5) is 16.5. The van der Waals surface area contributed by atoms with Crippen LogP contribution in [0, 0.1) is 5.82 Å². The van der Waals surface area contributed by atoms with Gasteiger partial charge in [-0.15, -0.1) is 0 Å². The third kappa shape index (κ3) is 1.40. The molecule has 0 aromatic carbocycles. The maximum Gasteiger partial charge on any atom is 0.374 e. The van der Waals surface area contributed by atoms with Gasteiger partial charge in [-0.05, 0) is 0 Å². The fourth-order valence-corrected chi connectivity index (χ4v) is 0.483. The van der Waals surface area contributed by atoms with E-state index in [1.807, 2.05) is 0 Å². The molecule has 0 radical (unpaired) electrons. The van der Waals surface area contributed by atoms with E-state index in [2.05, 4.69) is 9.97 Å². The first-order valence-corrected chi connectivity index (χ1v) is 2.62.